The highest BCUT2D eigenvalue weighted by Gasteiger charge is 2.13. The molecule has 0 amide bonds. The number of carboxylic acids is 1. The summed E-state index contributed by atoms with van der Waals surface area (Å²) in [6.45, 7) is 4.07. The van der Waals surface area contributed by atoms with E-state index in [0.717, 1.165) is 23.3 Å². The van der Waals surface area contributed by atoms with E-state index in [0.29, 0.717) is 12.8 Å². The lowest BCUT2D eigenvalue weighted by Crippen LogP contribution is -2.07. The summed E-state index contributed by atoms with van der Waals surface area (Å²) in [4.78, 5) is 15.0. The maximum absolute atomic E-state index is 13.4. The largest absolute Gasteiger partial charge is 0.481 e. The number of carbonyl (C=O) groups is 1. The van der Waals surface area contributed by atoms with Crippen molar-refractivity contribution in [1.29, 1.82) is 0 Å². The molecule has 0 saturated carbocycles. The summed E-state index contributed by atoms with van der Waals surface area (Å²) in [5.41, 5.74) is 1.58. The molecule has 5 heteroatoms. The molecule has 2 rings (SSSR count). The van der Waals surface area contributed by atoms with Gasteiger partial charge in [0.1, 0.15) is 11.6 Å². The third-order valence-electron chi connectivity index (χ3n) is 3.28. The van der Waals surface area contributed by atoms with Crippen molar-refractivity contribution in [1.82, 2.24) is 9.55 Å². The van der Waals surface area contributed by atoms with Crippen LogP contribution in [0.25, 0.3) is 11.0 Å². The SMILES string of the molecule is CC(C)n1c(CCCCC(=O)O)nc2ccc(F)cc21. The molecule has 1 N–H and O–H groups in total. The maximum atomic E-state index is 13.4. The van der Waals surface area contributed by atoms with Gasteiger partial charge in [0.15, 0.2) is 0 Å². The molecule has 0 aliphatic heterocycles. The number of fused-ring (bicyclic) bond motifs is 1. The number of aliphatic carboxylic acids is 1. The molecule has 0 spiro atoms. The Morgan fingerprint density at radius 1 is 1.40 bits per heavy atom. The molecule has 1 aromatic carbocycles. The molecule has 4 nitrogen and oxygen atoms in total. The number of hydrogen-bond acceptors (Lipinski definition) is 2. The Balaban J connectivity index is 2.23. The van der Waals surface area contributed by atoms with Gasteiger partial charge in [0, 0.05) is 18.9 Å². The van der Waals surface area contributed by atoms with Gasteiger partial charge in [-0.25, -0.2) is 9.37 Å². The minimum Gasteiger partial charge on any atom is -0.481 e. The van der Waals surface area contributed by atoms with E-state index in [1.807, 2.05) is 18.4 Å². The van der Waals surface area contributed by atoms with Gasteiger partial charge in [0.05, 0.1) is 11.0 Å². The van der Waals surface area contributed by atoms with Gasteiger partial charge < -0.3 is 9.67 Å². The highest BCUT2D eigenvalue weighted by molar-refractivity contribution is 5.76. The predicted molar refractivity (Wildman–Crippen MR) is 75.3 cm³/mol. The number of aromatic nitrogens is 2. The molecule has 0 unspecified atom stereocenters. The number of halogens is 1. The van der Waals surface area contributed by atoms with E-state index >= 15 is 0 Å². The standard InChI is InChI=1S/C15H19FN2O2/c1-10(2)18-13-9-11(16)7-8-12(13)17-14(18)5-3-4-6-15(19)20/h7-10H,3-6H2,1-2H3,(H,19,20). The van der Waals surface area contributed by atoms with Crippen LogP contribution in [0.1, 0.15) is 45.0 Å². The number of imidazole rings is 1. The zero-order valence-electron chi connectivity index (χ0n) is 11.8. The lowest BCUT2D eigenvalue weighted by atomic mass is 10.2. The molecule has 20 heavy (non-hydrogen) atoms. The number of benzene rings is 1. The summed E-state index contributed by atoms with van der Waals surface area (Å²) >= 11 is 0. The average Bonchev–Trinajstić information content (AvgIpc) is 2.71. The van der Waals surface area contributed by atoms with Gasteiger partial charge in [-0.3, -0.25) is 4.79 Å². The molecule has 1 heterocycles. The number of rotatable bonds is 6. The fraction of sp³-hybridized carbons (Fsp3) is 0.467. The second-order valence-corrected chi connectivity index (χ2v) is 5.23. The number of hydrogen-bond donors (Lipinski definition) is 1. The Morgan fingerprint density at radius 3 is 2.80 bits per heavy atom. The predicted octanol–water partition coefficient (Wildman–Crippen LogP) is 3.55. The van der Waals surface area contributed by atoms with Crippen molar-refractivity contribution in [3.63, 3.8) is 0 Å². The Bertz CT molecular complexity index is 620. The van der Waals surface area contributed by atoms with Crippen LogP contribution in [0.4, 0.5) is 4.39 Å². The summed E-state index contributed by atoms with van der Waals surface area (Å²) < 4.78 is 15.4. The molecule has 1 aromatic heterocycles. The molecule has 0 fully saturated rings. The van der Waals surface area contributed by atoms with Crippen molar-refractivity contribution in [2.45, 2.75) is 45.6 Å². The smallest absolute Gasteiger partial charge is 0.303 e. The van der Waals surface area contributed by atoms with Crippen molar-refractivity contribution in [3.8, 4) is 0 Å². The van der Waals surface area contributed by atoms with Crippen LogP contribution in [0, 0.1) is 5.82 Å². The fourth-order valence-corrected chi connectivity index (χ4v) is 2.43. The normalized spacial score (nSPS) is 11.4. The van der Waals surface area contributed by atoms with Crippen molar-refractivity contribution in [2.24, 2.45) is 0 Å². The van der Waals surface area contributed by atoms with Gasteiger partial charge in [-0.1, -0.05) is 0 Å². The summed E-state index contributed by atoms with van der Waals surface area (Å²) in [6, 6.07) is 4.79. The Kier molecular flexibility index (Phi) is 4.37. The van der Waals surface area contributed by atoms with E-state index in [2.05, 4.69) is 4.98 Å². The fourth-order valence-electron chi connectivity index (χ4n) is 2.43. The number of carboxylic acid groups (broad SMARTS) is 1. The molecular weight excluding hydrogens is 259 g/mol. The minimum atomic E-state index is -0.774. The van der Waals surface area contributed by atoms with Crippen LogP contribution in [-0.2, 0) is 11.2 Å². The second-order valence-electron chi connectivity index (χ2n) is 5.23. The number of aryl methyl sites for hydroxylation is 1. The Hall–Kier alpha value is -1.91. The summed E-state index contributed by atoms with van der Waals surface area (Å²) in [7, 11) is 0. The first-order valence-electron chi connectivity index (χ1n) is 6.87. The number of unbranched alkanes of at least 4 members (excludes halogenated alkanes) is 1. The first-order chi connectivity index (χ1) is 9.49. The van der Waals surface area contributed by atoms with Crippen LogP contribution in [0.15, 0.2) is 18.2 Å². The molecule has 0 aliphatic rings. The van der Waals surface area contributed by atoms with Crippen LogP contribution in [0.5, 0.6) is 0 Å². The van der Waals surface area contributed by atoms with Crippen molar-refractivity contribution < 1.29 is 14.3 Å². The monoisotopic (exact) mass is 278 g/mol. The highest BCUT2D eigenvalue weighted by Crippen LogP contribution is 2.23. The second kappa shape index (κ2) is 6.03. The van der Waals surface area contributed by atoms with Gasteiger partial charge >= 0.3 is 5.97 Å². The van der Waals surface area contributed by atoms with E-state index in [1.54, 1.807) is 6.07 Å². The Morgan fingerprint density at radius 2 is 2.15 bits per heavy atom. The summed E-state index contributed by atoms with van der Waals surface area (Å²) in [5.74, 6) is -0.146. The highest BCUT2D eigenvalue weighted by atomic mass is 19.1. The third kappa shape index (κ3) is 3.15. The molecule has 2 aromatic rings. The van der Waals surface area contributed by atoms with Crippen LogP contribution in [0.2, 0.25) is 0 Å². The van der Waals surface area contributed by atoms with Gasteiger partial charge in [-0.15, -0.1) is 0 Å². The van der Waals surface area contributed by atoms with E-state index in [-0.39, 0.29) is 18.3 Å². The van der Waals surface area contributed by atoms with Crippen molar-refractivity contribution in [2.75, 3.05) is 0 Å². The van der Waals surface area contributed by atoms with E-state index in [1.165, 1.54) is 12.1 Å². The topological polar surface area (TPSA) is 55.1 Å². The number of nitrogens with zero attached hydrogens (tertiary/aromatic N) is 2. The third-order valence-corrected chi connectivity index (χ3v) is 3.28. The van der Waals surface area contributed by atoms with Crippen molar-refractivity contribution >= 4 is 17.0 Å². The van der Waals surface area contributed by atoms with Gasteiger partial charge in [0.25, 0.3) is 0 Å². The first kappa shape index (κ1) is 14.5. The molecule has 0 saturated heterocycles. The van der Waals surface area contributed by atoms with E-state index in [9.17, 15) is 9.18 Å². The van der Waals surface area contributed by atoms with Crippen LogP contribution >= 0.6 is 0 Å². The quantitative estimate of drug-likeness (QED) is 0.822. The van der Waals surface area contributed by atoms with Crippen LogP contribution < -0.4 is 0 Å². The van der Waals surface area contributed by atoms with Crippen LogP contribution in [-0.4, -0.2) is 20.6 Å². The van der Waals surface area contributed by atoms with Crippen molar-refractivity contribution in [3.05, 3.63) is 29.8 Å². The Labute approximate surface area is 117 Å². The average molecular weight is 278 g/mol. The summed E-state index contributed by atoms with van der Waals surface area (Å²) in [5, 5.41) is 8.64. The summed E-state index contributed by atoms with van der Waals surface area (Å²) in [6.07, 6.45) is 2.29. The van der Waals surface area contributed by atoms with Gasteiger partial charge in [-0.05, 0) is 44.9 Å². The minimum absolute atomic E-state index is 0.177. The first-order valence-corrected chi connectivity index (χ1v) is 6.87. The molecular formula is C15H19FN2O2. The molecule has 0 atom stereocenters. The molecule has 108 valence electrons. The molecule has 0 bridgehead atoms. The van der Waals surface area contributed by atoms with E-state index < -0.39 is 5.97 Å². The van der Waals surface area contributed by atoms with Crippen LogP contribution in [0.3, 0.4) is 0 Å². The van der Waals surface area contributed by atoms with Gasteiger partial charge in [-0.2, -0.15) is 0 Å². The zero-order chi connectivity index (χ0) is 14.7. The van der Waals surface area contributed by atoms with Gasteiger partial charge in [0.2, 0.25) is 0 Å². The lowest BCUT2D eigenvalue weighted by molar-refractivity contribution is -0.137. The zero-order valence-corrected chi connectivity index (χ0v) is 11.8. The van der Waals surface area contributed by atoms with E-state index in [4.69, 9.17) is 5.11 Å². The molecule has 0 aliphatic carbocycles. The maximum Gasteiger partial charge on any atom is 0.303 e. The lowest BCUT2D eigenvalue weighted by Gasteiger charge is -2.12. The molecule has 0 radical (unpaired) electrons.